The molecular weight excluding hydrogens is 685 g/mol. The minimum absolute atomic E-state index is 0.571. The van der Waals surface area contributed by atoms with Crippen molar-refractivity contribution in [2.24, 2.45) is 0 Å². The van der Waals surface area contributed by atoms with E-state index in [-0.39, 0.29) is 0 Å². The van der Waals surface area contributed by atoms with Gasteiger partial charge in [0.2, 0.25) is 5.95 Å². The number of para-hydroxylation sites is 3. The monoisotopic (exact) mass is 716 g/mol. The van der Waals surface area contributed by atoms with Crippen LogP contribution >= 0.6 is 0 Å². The third kappa shape index (κ3) is 5.27. The maximum atomic E-state index is 5.21. The summed E-state index contributed by atoms with van der Waals surface area (Å²) in [4.78, 5) is 20.5. The summed E-state index contributed by atoms with van der Waals surface area (Å²) in [6.45, 7) is 0. The highest BCUT2D eigenvalue weighted by atomic mass is 15.2. The van der Waals surface area contributed by atoms with Crippen molar-refractivity contribution in [3.05, 3.63) is 194 Å². The highest BCUT2D eigenvalue weighted by molar-refractivity contribution is 6.19. The number of imidazole rings is 1. The van der Waals surface area contributed by atoms with E-state index in [2.05, 4.69) is 130 Å². The van der Waals surface area contributed by atoms with Crippen molar-refractivity contribution in [3.63, 3.8) is 0 Å². The summed E-state index contributed by atoms with van der Waals surface area (Å²) in [6, 6.07) is 67.4. The Morgan fingerprint density at radius 3 is 1.66 bits per heavy atom. The third-order valence-corrected chi connectivity index (χ3v) is 10.6. The second-order valence-corrected chi connectivity index (χ2v) is 13.9. The van der Waals surface area contributed by atoms with Gasteiger partial charge in [-0.3, -0.25) is 9.13 Å². The fourth-order valence-corrected chi connectivity index (χ4v) is 7.93. The molecule has 6 nitrogen and oxygen atoms in total. The zero-order valence-electron chi connectivity index (χ0n) is 30.2. The summed E-state index contributed by atoms with van der Waals surface area (Å²) >= 11 is 0. The molecule has 0 atom stereocenters. The van der Waals surface area contributed by atoms with E-state index in [0.29, 0.717) is 17.6 Å². The molecule has 11 rings (SSSR count). The van der Waals surface area contributed by atoms with Gasteiger partial charge in [0, 0.05) is 38.5 Å². The van der Waals surface area contributed by atoms with Gasteiger partial charge in [-0.2, -0.15) is 9.97 Å². The Hall–Kier alpha value is -7.70. The van der Waals surface area contributed by atoms with Gasteiger partial charge < -0.3 is 0 Å². The molecule has 0 bridgehead atoms. The molecule has 0 saturated carbocycles. The maximum absolute atomic E-state index is 5.21. The minimum Gasteiger partial charge on any atom is -0.292 e. The Morgan fingerprint density at radius 1 is 0.339 bits per heavy atom. The molecule has 8 aromatic carbocycles. The molecule has 0 spiro atoms. The molecule has 262 valence electrons. The highest BCUT2D eigenvalue weighted by Crippen LogP contribution is 2.39. The van der Waals surface area contributed by atoms with Crippen LogP contribution in [0.1, 0.15) is 0 Å². The van der Waals surface area contributed by atoms with Gasteiger partial charge in [-0.15, -0.1) is 0 Å². The Kier molecular flexibility index (Phi) is 7.38. The highest BCUT2D eigenvalue weighted by Gasteiger charge is 2.21. The molecule has 0 radical (unpaired) electrons. The molecule has 3 aromatic heterocycles. The van der Waals surface area contributed by atoms with E-state index in [1.807, 2.05) is 72.8 Å². The molecule has 0 aliphatic carbocycles. The predicted molar refractivity (Wildman–Crippen MR) is 228 cm³/mol. The van der Waals surface area contributed by atoms with Gasteiger partial charge in [0.25, 0.3) is 0 Å². The van der Waals surface area contributed by atoms with Crippen LogP contribution in [0, 0.1) is 0 Å². The van der Waals surface area contributed by atoms with Crippen LogP contribution in [0.3, 0.4) is 0 Å². The van der Waals surface area contributed by atoms with Gasteiger partial charge in [-0.05, 0) is 46.8 Å². The number of benzene rings is 8. The Balaban J connectivity index is 1.11. The van der Waals surface area contributed by atoms with Crippen molar-refractivity contribution < 1.29 is 0 Å². The van der Waals surface area contributed by atoms with Gasteiger partial charge >= 0.3 is 0 Å². The van der Waals surface area contributed by atoms with Gasteiger partial charge in [0.05, 0.1) is 22.1 Å². The molecule has 3 heterocycles. The van der Waals surface area contributed by atoms with Gasteiger partial charge in [0.1, 0.15) is 5.82 Å². The van der Waals surface area contributed by atoms with E-state index in [0.717, 1.165) is 82.9 Å². The first-order valence-corrected chi connectivity index (χ1v) is 18.7. The number of nitrogens with zero attached hydrogens (tertiary/aromatic N) is 6. The van der Waals surface area contributed by atoms with E-state index in [1.165, 1.54) is 0 Å². The van der Waals surface area contributed by atoms with Crippen molar-refractivity contribution in [2.75, 3.05) is 0 Å². The Bertz CT molecular complexity index is 3160. The quantitative estimate of drug-likeness (QED) is 0.172. The van der Waals surface area contributed by atoms with Crippen molar-refractivity contribution in [3.8, 4) is 56.9 Å². The van der Waals surface area contributed by atoms with Crippen LogP contribution in [0.5, 0.6) is 0 Å². The molecule has 0 unspecified atom stereocenters. The summed E-state index contributed by atoms with van der Waals surface area (Å²) in [6.07, 6.45) is 0. The number of aromatic nitrogens is 6. The molecule has 6 heteroatoms. The van der Waals surface area contributed by atoms with E-state index in [4.69, 9.17) is 19.9 Å². The van der Waals surface area contributed by atoms with E-state index >= 15 is 0 Å². The average Bonchev–Trinajstić information content (AvgIpc) is 3.84. The fraction of sp³-hybridized carbons (Fsp3) is 0. The van der Waals surface area contributed by atoms with Crippen LogP contribution in [0.4, 0.5) is 0 Å². The molecule has 0 fully saturated rings. The van der Waals surface area contributed by atoms with Crippen LogP contribution in [0.2, 0.25) is 0 Å². The van der Waals surface area contributed by atoms with Crippen LogP contribution in [0.15, 0.2) is 194 Å². The molecule has 0 amide bonds. The normalized spacial score (nSPS) is 11.6. The molecular formula is C50H32N6. The van der Waals surface area contributed by atoms with Crippen LogP contribution in [0.25, 0.3) is 101 Å². The van der Waals surface area contributed by atoms with E-state index in [9.17, 15) is 0 Å². The number of hydrogen-bond acceptors (Lipinski definition) is 4. The number of hydrogen-bond donors (Lipinski definition) is 0. The first kappa shape index (κ1) is 31.8. The Labute approximate surface area is 322 Å². The zero-order valence-corrected chi connectivity index (χ0v) is 30.2. The summed E-state index contributed by atoms with van der Waals surface area (Å²) < 4.78 is 4.47. The number of fused-ring (bicyclic) bond motifs is 6. The first-order valence-electron chi connectivity index (χ1n) is 18.7. The standard InChI is InChI=1S/C50H32N6/c1-4-15-35(16-5-1)47-52-48(36-17-6-2-7-18-36)54-50(53-47)56-45-32-38(29-30-41(45)42-31-28-34-14-10-11-21-40(34)46(42)56)33-24-26-37(27-25-33)49-51-43-22-12-13-23-44(43)55(49)39-19-8-3-9-20-39/h1-32H. The lowest BCUT2D eigenvalue weighted by Crippen LogP contribution is -2.06. The van der Waals surface area contributed by atoms with E-state index < -0.39 is 0 Å². The molecule has 11 aromatic rings. The lowest BCUT2D eigenvalue weighted by molar-refractivity contribution is 0.955. The van der Waals surface area contributed by atoms with Gasteiger partial charge in [-0.25, -0.2) is 9.97 Å². The maximum Gasteiger partial charge on any atom is 0.238 e. The van der Waals surface area contributed by atoms with Crippen LogP contribution in [-0.4, -0.2) is 29.1 Å². The molecule has 56 heavy (non-hydrogen) atoms. The minimum atomic E-state index is 0.571. The molecule has 0 aliphatic rings. The lowest BCUT2D eigenvalue weighted by atomic mass is 10.0. The topological polar surface area (TPSA) is 61.4 Å². The van der Waals surface area contributed by atoms with Crippen LogP contribution < -0.4 is 0 Å². The fourth-order valence-electron chi connectivity index (χ4n) is 7.93. The van der Waals surface area contributed by atoms with Crippen LogP contribution in [-0.2, 0) is 0 Å². The second-order valence-electron chi connectivity index (χ2n) is 13.9. The summed E-state index contributed by atoms with van der Waals surface area (Å²) in [5.41, 5.74) is 10.3. The van der Waals surface area contributed by atoms with Crippen molar-refractivity contribution >= 4 is 43.6 Å². The first-order chi connectivity index (χ1) is 27.8. The number of rotatable bonds is 6. The van der Waals surface area contributed by atoms with Crippen molar-refractivity contribution in [2.45, 2.75) is 0 Å². The van der Waals surface area contributed by atoms with Crippen molar-refractivity contribution in [1.82, 2.24) is 29.1 Å². The third-order valence-electron chi connectivity index (χ3n) is 10.6. The Morgan fingerprint density at radius 2 is 0.929 bits per heavy atom. The smallest absolute Gasteiger partial charge is 0.238 e. The zero-order chi connectivity index (χ0) is 37.0. The molecule has 0 N–H and O–H groups in total. The average molecular weight is 717 g/mol. The summed E-state index contributed by atoms with van der Waals surface area (Å²) in [5.74, 6) is 2.72. The van der Waals surface area contributed by atoms with Crippen molar-refractivity contribution in [1.29, 1.82) is 0 Å². The van der Waals surface area contributed by atoms with Gasteiger partial charge in [0.15, 0.2) is 11.6 Å². The predicted octanol–water partition coefficient (Wildman–Crippen LogP) is 12.1. The van der Waals surface area contributed by atoms with Gasteiger partial charge in [-0.1, -0.05) is 164 Å². The summed E-state index contributed by atoms with van der Waals surface area (Å²) in [5, 5.41) is 4.56. The summed E-state index contributed by atoms with van der Waals surface area (Å²) in [7, 11) is 0. The second kappa shape index (κ2) is 13.0. The lowest BCUT2D eigenvalue weighted by Gasteiger charge is -2.12. The molecule has 0 saturated heterocycles. The SMILES string of the molecule is c1ccc(-c2nc(-c3ccccc3)nc(-n3c4cc(-c5ccc(-c6nc7ccccc7n6-c6ccccc6)cc5)ccc4c4ccc5ccccc5c43)n2)cc1. The van der Waals surface area contributed by atoms with E-state index in [1.54, 1.807) is 0 Å². The largest absolute Gasteiger partial charge is 0.292 e. The molecule has 0 aliphatic heterocycles.